The summed E-state index contributed by atoms with van der Waals surface area (Å²) < 4.78 is 27.7. The van der Waals surface area contributed by atoms with Crippen LogP contribution in [0.4, 0.5) is 8.78 Å². The predicted molar refractivity (Wildman–Crippen MR) is 88.5 cm³/mol. The Morgan fingerprint density at radius 3 is 1.68 bits per heavy atom. The second kappa shape index (κ2) is 7.15. The summed E-state index contributed by atoms with van der Waals surface area (Å²) in [5, 5.41) is 0.899. The minimum absolute atomic E-state index is 0.122. The van der Waals surface area contributed by atoms with Gasteiger partial charge in [-0.15, -0.1) is 0 Å². The van der Waals surface area contributed by atoms with Gasteiger partial charge in [-0.25, -0.2) is 0 Å². The molecule has 0 N–H and O–H groups in total. The van der Waals surface area contributed by atoms with E-state index in [1.165, 1.54) is 51.4 Å². The average molecular weight is 438 g/mol. The molecule has 1 aromatic carbocycles. The molecule has 127 valence electrons. The molecule has 0 nitrogen and oxygen atoms in total. The van der Waals surface area contributed by atoms with E-state index in [9.17, 15) is 8.78 Å². The summed E-state index contributed by atoms with van der Waals surface area (Å²) >= 11 is 10.1. The van der Waals surface area contributed by atoms with Gasteiger partial charge in [0, 0.05) is 0 Å². The zero-order chi connectivity index (χ0) is 15.7. The second-order valence-corrected chi connectivity index (χ2v) is 14.5. The van der Waals surface area contributed by atoms with E-state index in [-0.39, 0.29) is 3.59 Å². The molecule has 2 aliphatic carbocycles. The molecule has 0 aliphatic heterocycles. The van der Waals surface area contributed by atoms with E-state index in [0.717, 1.165) is 11.4 Å². The normalized spacial score (nSPS) is 23.1. The van der Waals surface area contributed by atoms with Crippen molar-refractivity contribution >= 4 is 24.2 Å². The maximum atomic E-state index is 13.9. The maximum absolute atomic E-state index is 13.9. The Labute approximate surface area is 148 Å². The summed E-state index contributed by atoms with van der Waals surface area (Å²) in [5.74, 6) is -0.922. The third-order valence-electron chi connectivity index (χ3n) is 5.76. The number of hydrogen-bond acceptors (Lipinski definition) is 0. The van der Waals surface area contributed by atoms with Crippen LogP contribution in [-0.4, -0.2) is 14.9 Å². The summed E-state index contributed by atoms with van der Waals surface area (Å²) in [7, 11) is -2.23. The predicted octanol–water partition coefficient (Wildman–Crippen LogP) is 5.29. The molecule has 22 heavy (non-hydrogen) atoms. The summed E-state index contributed by atoms with van der Waals surface area (Å²) in [6.07, 6.45) is 9.58. The number of halogens is 3. The van der Waals surface area contributed by atoms with Gasteiger partial charge in [-0.05, 0) is 0 Å². The molecule has 0 heterocycles. The van der Waals surface area contributed by atoms with Crippen LogP contribution in [0.1, 0.15) is 51.4 Å². The molecule has 2 fully saturated rings. The van der Waals surface area contributed by atoms with Gasteiger partial charge in [-0.2, -0.15) is 0 Å². The van der Waals surface area contributed by atoms with Gasteiger partial charge in [0.15, 0.2) is 0 Å². The topological polar surface area (TPSA) is 0 Å². The standard InChI is InChI=1S/C17H23ClF2P.Pd/c18-12-21(15-5-1-2-6-15,16-7-3-4-8-16)17-10-13(19)9-14(20)11-17;/h9-12,15-16,21H,1-8H2;. The molecule has 3 rings (SSSR count). The van der Waals surface area contributed by atoms with Crippen molar-refractivity contribution in [2.75, 3.05) is 0 Å². The first-order valence-corrected chi connectivity index (χ1v) is 11.8. The SMILES string of the molecule is Fc1cc(F)cc([PH]([CH](Cl)[Pd])(C2CCCC2)C2CCCC2)c1. The van der Waals surface area contributed by atoms with Crippen LogP contribution in [0.5, 0.6) is 0 Å². The number of alkyl halides is 1. The van der Waals surface area contributed by atoms with Gasteiger partial charge in [-0.1, -0.05) is 0 Å². The van der Waals surface area contributed by atoms with Gasteiger partial charge in [0.05, 0.1) is 0 Å². The van der Waals surface area contributed by atoms with E-state index < -0.39 is 18.9 Å². The molecular weight excluding hydrogens is 415 g/mol. The van der Waals surface area contributed by atoms with Gasteiger partial charge < -0.3 is 0 Å². The van der Waals surface area contributed by atoms with Crippen LogP contribution in [-0.2, 0) is 19.2 Å². The Kier molecular flexibility index (Phi) is 5.62. The van der Waals surface area contributed by atoms with Gasteiger partial charge >= 0.3 is 148 Å². The Morgan fingerprint density at radius 1 is 0.909 bits per heavy atom. The summed E-state index contributed by atoms with van der Waals surface area (Å²) in [6.45, 7) is 0. The van der Waals surface area contributed by atoms with E-state index in [2.05, 4.69) is 19.2 Å². The first-order chi connectivity index (χ1) is 10.5. The molecule has 2 saturated carbocycles. The van der Waals surface area contributed by atoms with Crippen LogP contribution in [0, 0.1) is 11.6 Å². The van der Waals surface area contributed by atoms with Crippen molar-refractivity contribution in [3.05, 3.63) is 29.8 Å². The molecule has 0 aromatic heterocycles. The van der Waals surface area contributed by atoms with Gasteiger partial charge in [0.1, 0.15) is 0 Å². The number of hydrogen-bond donors (Lipinski definition) is 0. The molecule has 0 bridgehead atoms. The molecule has 1 unspecified atom stereocenters. The number of rotatable bonds is 4. The Morgan fingerprint density at radius 2 is 1.32 bits per heavy atom. The third-order valence-corrected chi connectivity index (χ3v) is 14.9. The summed E-state index contributed by atoms with van der Waals surface area (Å²) in [5.41, 5.74) is 1.10. The molecular formula is C17H23ClF2PPd. The zero-order valence-corrected chi connectivity index (χ0v) is 15.9. The van der Waals surface area contributed by atoms with Crippen molar-refractivity contribution in [1.29, 1.82) is 0 Å². The van der Waals surface area contributed by atoms with Gasteiger partial charge in [-0.3, -0.25) is 0 Å². The van der Waals surface area contributed by atoms with Crippen molar-refractivity contribution in [2.45, 2.75) is 66.3 Å². The summed E-state index contributed by atoms with van der Waals surface area (Å²) in [4.78, 5) is 0. The molecule has 0 saturated heterocycles. The van der Waals surface area contributed by atoms with Crippen LogP contribution < -0.4 is 5.30 Å². The molecule has 2 aliphatic rings. The molecule has 5 heteroatoms. The quantitative estimate of drug-likeness (QED) is 0.340. The minimum atomic E-state index is -2.23. The van der Waals surface area contributed by atoms with Crippen LogP contribution >= 0.6 is 18.9 Å². The first kappa shape index (κ1) is 17.3. The van der Waals surface area contributed by atoms with E-state index in [4.69, 9.17) is 11.6 Å². The first-order valence-electron chi connectivity index (χ1n) is 8.26. The van der Waals surface area contributed by atoms with Crippen LogP contribution in [0.3, 0.4) is 0 Å². The van der Waals surface area contributed by atoms with Crippen molar-refractivity contribution in [3.63, 3.8) is 0 Å². The molecule has 1 aromatic rings. The fourth-order valence-corrected chi connectivity index (χ4v) is 15.3. The van der Waals surface area contributed by atoms with E-state index >= 15 is 0 Å². The average Bonchev–Trinajstić information content (AvgIpc) is 3.11. The monoisotopic (exact) mass is 437 g/mol. The van der Waals surface area contributed by atoms with Crippen molar-refractivity contribution in [2.24, 2.45) is 0 Å². The van der Waals surface area contributed by atoms with E-state index in [0.29, 0.717) is 11.3 Å². The summed E-state index contributed by atoms with van der Waals surface area (Å²) in [6, 6.07) is 4.13. The molecule has 1 atom stereocenters. The van der Waals surface area contributed by atoms with Crippen molar-refractivity contribution in [3.8, 4) is 0 Å². The Hall–Kier alpha value is 0.462. The van der Waals surface area contributed by atoms with Crippen LogP contribution in [0.25, 0.3) is 0 Å². The fraction of sp³-hybridized carbons (Fsp3) is 0.647. The van der Waals surface area contributed by atoms with Crippen molar-refractivity contribution < 1.29 is 28.0 Å². The Bertz CT molecular complexity index is 489. The van der Waals surface area contributed by atoms with E-state index in [1.807, 2.05) is 0 Å². The zero-order valence-electron chi connectivity index (χ0n) is 12.6. The van der Waals surface area contributed by atoms with E-state index in [1.54, 1.807) is 12.1 Å². The Balaban J connectivity index is 2.14. The third kappa shape index (κ3) is 3.04. The van der Waals surface area contributed by atoms with Crippen LogP contribution in [0.2, 0.25) is 0 Å². The van der Waals surface area contributed by atoms with Crippen molar-refractivity contribution in [1.82, 2.24) is 0 Å². The van der Waals surface area contributed by atoms with Gasteiger partial charge in [0.25, 0.3) is 0 Å². The van der Waals surface area contributed by atoms with Gasteiger partial charge in [0.2, 0.25) is 0 Å². The second-order valence-electron chi connectivity index (χ2n) is 6.82. The molecule has 0 amide bonds. The number of benzene rings is 1. The molecule has 0 radical (unpaired) electrons. The van der Waals surface area contributed by atoms with Crippen LogP contribution in [0.15, 0.2) is 18.2 Å². The molecule has 0 spiro atoms. The fourth-order valence-electron chi connectivity index (χ4n) is 4.86.